The molecule has 0 amide bonds. The maximum absolute atomic E-state index is 13.8. The molecule has 1 aromatic rings. The zero-order chi connectivity index (χ0) is 16.8. The summed E-state index contributed by atoms with van der Waals surface area (Å²) >= 11 is 0. The van der Waals surface area contributed by atoms with E-state index in [1.165, 1.54) is 12.8 Å². The smallest absolute Gasteiger partial charge is 0.127 e. The number of aromatic hydroxyl groups is 1. The van der Waals surface area contributed by atoms with Crippen LogP contribution in [0.25, 0.3) is 0 Å². The Morgan fingerprint density at radius 3 is 2.70 bits per heavy atom. The van der Waals surface area contributed by atoms with E-state index in [-0.39, 0.29) is 17.8 Å². The number of hydrogen-bond acceptors (Lipinski definition) is 2. The van der Waals surface area contributed by atoms with E-state index >= 15 is 0 Å². The second-order valence-corrected chi connectivity index (χ2v) is 7.11. The Morgan fingerprint density at radius 2 is 2.04 bits per heavy atom. The monoisotopic (exact) mass is 322 g/mol. The third kappa shape index (κ3) is 5.12. The SMILES string of the molecule is CCCCCc1cc(O)c([C@H]2CCC[C@@H](F)C2)c(OC(C)C)c1. The average Bonchev–Trinajstić information content (AvgIpc) is 2.46. The van der Waals surface area contributed by atoms with E-state index in [2.05, 4.69) is 13.0 Å². The van der Waals surface area contributed by atoms with Crippen LogP contribution in [0.4, 0.5) is 4.39 Å². The van der Waals surface area contributed by atoms with Crippen LogP contribution in [0, 0.1) is 0 Å². The molecule has 1 aliphatic carbocycles. The van der Waals surface area contributed by atoms with Crippen LogP contribution in [0.15, 0.2) is 12.1 Å². The van der Waals surface area contributed by atoms with Crippen molar-refractivity contribution < 1.29 is 14.2 Å². The molecule has 0 aromatic heterocycles. The first-order chi connectivity index (χ1) is 11.0. The van der Waals surface area contributed by atoms with E-state index in [4.69, 9.17) is 4.74 Å². The highest BCUT2D eigenvalue weighted by atomic mass is 19.1. The summed E-state index contributed by atoms with van der Waals surface area (Å²) in [7, 11) is 0. The van der Waals surface area contributed by atoms with Crippen molar-refractivity contribution >= 4 is 0 Å². The van der Waals surface area contributed by atoms with Crippen molar-refractivity contribution in [2.24, 2.45) is 0 Å². The van der Waals surface area contributed by atoms with Crippen molar-refractivity contribution in [3.8, 4) is 11.5 Å². The van der Waals surface area contributed by atoms with Gasteiger partial charge in [0.1, 0.15) is 17.7 Å². The number of rotatable bonds is 7. The van der Waals surface area contributed by atoms with Gasteiger partial charge >= 0.3 is 0 Å². The number of phenolic OH excluding ortho intramolecular Hbond substituents is 1. The maximum Gasteiger partial charge on any atom is 0.127 e. The number of ether oxygens (including phenoxy) is 1. The first-order valence-corrected chi connectivity index (χ1v) is 9.17. The summed E-state index contributed by atoms with van der Waals surface area (Å²) in [4.78, 5) is 0. The minimum Gasteiger partial charge on any atom is -0.508 e. The lowest BCUT2D eigenvalue weighted by Gasteiger charge is -2.28. The Labute approximate surface area is 140 Å². The topological polar surface area (TPSA) is 29.5 Å². The van der Waals surface area contributed by atoms with Crippen molar-refractivity contribution in [1.82, 2.24) is 0 Å². The minimum atomic E-state index is -0.760. The Balaban J connectivity index is 2.27. The normalized spacial score (nSPS) is 21.6. The van der Waals surface area contributed by atoms with Crippen molar-refractivity contribution in [3.63, 3.8) is 0 Å². The van der Waals surface area contributed by atoms with Gasteiger partial charge in [0, 0.05) is 5.56 Å². The Kier molecular flexibility index (Phi) is 6.73. The molecule has 1 saturated carbocycles. The first-order valence-electron chi connectivity index (χ1n) is 9.17. The van der Waals surface area contributed by atoms with Crippen molar-refractivity contribution in [3.05, 3.63) is 23.3 Å². The number of unbranched alkanes of at least 4 members (excludes halogenated alkanes) is 2. The lowest BCUT2D eigenvalue weighted by atomic mass is 9.81. The van der Waals surface area contributed by atoms with Crippen LogP contribution < -0.4 is 4.74 Å². The van der Waals surface area contributed by atoms with Gasteiger partial charge in [0.15, 0.2) is 0 Å². The molecule has 1 N–H and O–H groups in total. The van der Waals surface area contributed by atoms with Gasteiger partial charge in [-0.15, -0.1) is 0 Å². The number of phenols is 1. The van der Waals surface area contributed by atoms with Crippen LogP contribution in [0.5, 0.6) is 11.5 Å². The molecule has 3 heteroatoms. The Hall–Kier alpha value is -1.25. The predicted molar refractivity (Wildman–Crippen MR) is 93.2 cm³/mol. The van der Waals surface area contributed by atoms with Gasteiger partial charge in [0.25, 0.3) is 0 Å². The van der Waals surface area contributed by atoms with Gasteiger partial charge in [0.05, 0.1) is 6.10 Å². The van der Waals surface area contributed by atoms with Gasteiger partial charge in [-0.3, -0.25) is 0 Å². The van der Waals surface area contributed by atoms with Crippen LogP contribution in [0.3, 0.4) is 0 Å². The third-order valence-corrected chi connectivity index (χ3v) is 4.63. The number of hydrogen-bond donors (Lipinski definition) is 1. The molecule has 0 aliphatic heterocycles. The molecule has 1 fully saturated rings. The second-order valence-electron chi connectivity index (χ2n) is 7.11. The quantitative estimate of drug-likeness (QED) is 0.632. The Morgan fingerprint density at radius 1 is 1.26 bits per heavy atom. The molecule has 2 rings (SSSR count). The highest BCUT2D eigenvalue weighted by Crippen LogP contribution is 2.44. The molecule has 1 aliphatic rings. The van der Waals surface area contributed by atoms with Crippen molar-refractivity contribution in [1.29, 1.82) is 0 Å². The zero-order valence-corrected chi connectivity index (χ0v) is 14.8. The van der Waals surface area contributed by atoms with E-state index in [1.807, 2.05) is 19.9 Å². The van der Waals surface area contributed by atoms with Gasteiger partial charge in [0.2, 0.25) is 0 Å². The van der Waals surface area contributed by atoms with Crippen LogP contribution in [0.1, 0.15) is 82.8 Å². The Bertz CT molecular complexity index is 499. The molecule has 2 nitrogen and oxygen atoms in total. The molecule has 0 heterocycles. The summed E-state index contributed by atoms with van der Waals surface area (Å²) in [5, 5.41) is 10.6. The molecule has 0 saturated heterocycles. The summed E-state index contributed by atoms with van der Waals surface area (Å²) < 4.78 is 19.8. The lowest BCUT2D eigenvalue weighted by Crippen LogP contribution is -2.17. The van der Waals surface area contributed by atoms with Crippen LogP contribution in [-0.4, -0.2) is 17.4 Å². The number of aryl methyl sites for hydroxylation is 1. The molecular formula is C20H31FO2. The minimum absolute atomic E-state index is 0.0452. The van der Waals surface area contributed by atoms with E-state index in [9.17, 15) is 9.50 Å². The van der Waals surface area contributed by atoms with E-state index in [1.54, 1.807) is 0 Å². The lowest BCUT2D eigenvalue weighted by molar-refractivity contribution is 0.214. The zero-order valence-electron chi connectivity index (χ0n) is 14.8. The number of halogens is 1. The molecule has 0 radical (unpaired) electrons. The van der Waals surface area contributed by atoms with Gasteiger partial charge in [-0.25, -0.2) is 4.39 Å². The fourth-order valence-electron chi connectivity index (χ4n) is 3.54. The van der Waals surface area contributed by atoms with Crippen LogP contribution in [-0.2, 0) is 6.42 Å². The average molecular weight is 322 g/mol. The molecule has 130 valence electrons. The molecule has 1 aromatic carbocycles. The highest BCUT2D eigenvalue weighted by Gasteiger charge is 2.28. The molecule has 0 spiro atoms. The van der Waals surface area contributed by atoms with E-state index < -0.39 is 6.17 Å². The van der Waals surface area contributed by atoms with Gasteiger partial charge < -0.3 is 9.84 Å². The fraction of sp³-hybridized carbons (Fsp3) is 0.700. The molecule has 0 bridgehead atoms. The van der Waals surface area contributed by atoms with Crippen molar-refractivity contribution in [2.75, 3.05) is 0 Å². The van der Waals surface area contributed by atoms with Gasteiger partial charge in [-0.2, -0.15) is 0 Å². The number of benzene rings is 1. The fourth-order valence-corrected chi connectivity index (χ4v) is 3.54. The summed E-state index contributed by atoms with van der Waals surface area (Å²) in [5.74, 6) is 1.11. The summed E-state index contributed by atoms with van der Waals surface area (Å²) in [6, 6.07) is 3.92. The highest BCUT2D eigenvalue weighted by molar-refractivity contribution is 5.50. The molecular weight excluding hydrogens is 291 g/mol. The van der Waals surface area contributed by atoms with E-state index in [0.717, 1.165) is 42.6 Å². The molecule has 0 unspecified atom stereocenters. The molecule has 23 heavy (non-hydrogen) atoms. The predicted octanol–water partition coefficient (Wildman–Crippen LogP) is 5.91. The second kappa shape index (κ2) is 8.56. The first kappa shape index (κ1) is 18.1. The third-order valence-electron chi connectivity index (χ3n) is 4.63. The van der Waals surface area contributed by atoms with Crippen LogP contribution >= 0.6 is 0 Å². The van der Waals surface area contributed by atoms with Gasteiger partial charge in [-0.05, 0) is 76.0 Å². The summed E-state index contributed by atoms with van der Waals surface area (Å²) in [6.07, 6.45) is 6.67. The summed E-state index contributed by atoms with van der Waals surface area (Å²) in [6.45, 7) is 6.16. The number of alkyl halides is 1. The maximum atomic E-state index is 13.8. The summed E-state index contributed by atoms with van der Waals surface area (Å²) in [5.41, 5.74) is 1.93. The van der Waals surface area contributed by atoms with Crippen LogP contribution in [0.2, 0.25) is 0 Å². The molecule has 2 atom stereocenters. The largest absolute Gasteiger partial charge is 0.508 e. The standard InChI is InChI=1S/C20H31FO2/c1-4-5-6-8-15-11-18(22)20(19(12-15)23-14(2)3)16-9-7-10-17(21)13-16/h11-12,14,16-17,22H,4-10,13H2,1-3H3/t16-,17+/m0/s1. The van der Waals surface area contributed by atoms with E-state index in [0.29, 0.717) is 12.8 Å². The van der Waals surface area contributed by atoms with Crippen molar-refractivity contribution in [2.45, 2.75) is 90.3 Å². The van der Waals surface area contributed by atoms with Gasteiger partial charge in [-0.1, -0.05) is 19.8 Å².